The van der Waals surface area contributed by atoms with Gasteiger partial charge in [-0.15, -0.1) is 30.3 Å². The van der Waals surface area contributed by atoms with Crippen molar-refractivity contribution in [3.8, 4) is 28.7 Å². The molecule has 0 aliphatic carbocycles. The van der Waals surface area contributed by atoms with Gasteiger partial charge in [-0.25, -0.2) is 9.97 Å². The molecule has 3 aromatic carbocycles. The van der Waals surface area contributed by atoms with Crippen LogP contribution in [0, 0.1) is 12.1 Å². The van der Waals surface area contributed by atoms with Gasteiger partial charge in [-0.2, -0.15) is 18.2 Å². The largest absolute Gasteiger partial charge is 2.00 e. The van der Waals surface area contributed by atoms with Gasteiger partial charge in [0.05, 0.1) is 0 Å². The van der Waals surface area contributed by atoms with Crippen molar-refractivity contribution in [2.45, 2.75) is 0 Å². The van der Waals surface area contributed by atoms with Crippen molar-refractivity contribution in [3.63, 3.8) is 0 Å². The molecule has 6 aromatic rings. The van der Waals surface area contributed by atoms with Crippen molar-refractivity contribution in [2.24, 2.45) is 0 Å². The number of para-hydroxylation sites is 2. The van der Waals surface area contributed by atoms with Crippen molar-refractivity contribution in [1.29, 1.82) is 0 Å². The number of hydrogen-bond donors (Lipinski definition) is 0. The molecule has 1 aliphatic rings. The van der Waals surface area contributed by atoms with Crippen LogP contribution in [0.1, 0.15) is 0 Å². The molecule has 0 amide bonds. The molecular formula is C28H16BN3O3Pt. The first-order valence-electron chi connectivity index (χ1n) is 11.2. The Bertz CT molecular complexity index is 1640. The monoisotopic (exact) mass is 648 g/mol. The molecule has 8 heteroatoms. The van der Waals surface area contributed by atoms with Gasteiger partial charge < -0.3 is 18.6 Å². The van der Waals surface area contributed by atoms with E-state index >= 15 is 0 Å². The molecule has 174 valence electrons. The van der Waals surface area contributed by atoms with Crippen molar-refractivity contribution in [1.82, 2.24) is 14.5 Å². The van der Waals surface area contributed by atoms with Gasteiger partial charge in [0.2, 0.25) is 0 Å². The number of fused-ring (bicyclic) bond motifs is 4. The molecule has 0 atom stereocenters. The van der Waals surface area contributed by atoms with Gasteiger partial charge in [-0.3, -0.25) is 0 Å². The minimum Gasteiger partial charge on any atom is -0.521 e. The van der Waals surface area contributed by atoms with E-state index in [1.807, 2.05) is 77.4 Å². The Balaban J connectivity index is 0.00000240. The van der Waals surface area contributed by atoms with E-state index in [4.69, 9.17) is 14.0 Å². The number of benzene rings is 3. The summed E-state index contributed by atoms with van der Waals surface area (Å²) in [6, 6.07) is 33.6. The summed E-state index contributed by atoms with van der Waals surface area (Å²) in [5.74, 6) is 2.52. The Kier molecular flexibility index (Phi) is 5.70. The van der Waals surface area contributed by atoms with Crippen LogP contribution in [0.25, 0.3) is 27.8 Å². The second-order valence-electron chi connectivity index (χ2n) is 8.07. The fourth-order valence-corrected chi connectivity index (χ4v) is 4.33. The molecule has 0 saturated carbocycles. The molecule has 1 aliphatic heterocycles. The molecule has 0 fully saturated rings. The van der Waals surface area contributed by atoms with E-state index in [2.05, 4.69) is 34.2 Å². The summed E-state index contributed by atoms with van der Waals surface area (Å²) in [6.45, 7) is 0. The third kappa shape index (κ3) is 3.82. The molecule has 0 unspecified atom stereocenters. The van der Waals surface area contributed by atoms with Gasteiger partial charge in [0, 0.05) is 34.7 Å². The molecule has 0 spiro atoms. The number of nitrogens with zero attached hydrogens (tertiary/aromatic N) is 3. The van der Waals surface area contributed by atoms with Crippen molar-refractivity contribution < 1.29 is 35.1 Å². The smallest absolute Gasteiger partial charge is 0.521 e. The zero-order chi connectivity index (χ0) is 23.2. The van der Waals surface area contributed by atoms with Crippen LogP contribution in [-0.2, 0) is 21.1 Å². The van der Waals surface area contributed by atoms with E-state index in [0.717, 1.165) is 33.2 Å². The van der Waals surface area contributed by atoms with Gasteiger partial charge in [0.1, 0.15) is 22.8 Å². The molecule has 3 aromatic heterocycles. The number of rotatable bonds is 4. The SMILES string of the molecule is [Pt+2].[c-]1c(Oc2[c-]c(-n3c4ncccc4c4cccnc43)ccc2)cccc1B1Oc2ccccc2O1. The van der Waals surface area contributed by atoms with Crippen LogP contribution >= 0.6 is 0 Å². The fourth-order valence-electron chi connectivity index (χ4n) is 4.33. The quantitative estimate of drug-likeness (QED) is 0.196. The van der Waals surface area contributed by atoms with Crippen LogP contribution in [0.5, 0.6) is 23.0 Å². The summed E-state index contributed by atoms with van der Waals surface area (Å²) >= 11 is 0. The van der Waals surface area contributed by atoms with Gasteiger partial charge in [0.15, 0.2) is 0 Å². The topological polar surface area (TPSA) is 58.4 Å². The normalized spacial score (nSPS) is 12.1. The number of ether oxygens (including phenoxy) is 1. The average Bonchev–Trinajstić information content (AvgIpc) is 3.49. The van der Waals surface area contributed by atoms with E-state index in [9.17, 15) is 0 Å². The number of pyridine rings is 2. The molecule has 0 bridgehead atoms. The first kappa shape index (κ1) is 22.4. The molecule has 6 nitrogen and oxygen atoms in total. The number of aromatic nitrogens is 3. The molecular weight excluding hydrogens is 632 g/mol. The maximum atomic E-state index is 6.14. The van der Waals surface area contributed by atoms with Crippen molar-refractivity contribution in [2.75, 3.05) is 0 Å². The summed E-state index contributed by atoms with van der Waals surface area (Å²) < 4.78 is 20.0. The Labute approximate surface area is 221 Å². The average molecular weight is 648 g/mol. The van der Waals surface area contributed by atoms with Crippen molar-refractivity contribution in [3.05, 3.63) is 109 Å². The minimum atomic E-state index is -0.569. The van der Waals surface area contributed by atoms with E-state index in [-0.39, 0.29) is 21.1 Å². The Hall–Kier alpha value is -4.09. The predicted octanol–water partition coefficient (Wildman–Crippen LogP) is 5.13. The predicted molar refractivity (Wildman–Crippen MR) is 134 cm³/mol. The maximum Gasteiger partial charge on any atom is 2.00 e. The first-order chi connectivity index (χ1) is 17.3. The summed E-state index contributed by atoms with van der Waals surface area (Å²) in [7, 11) is -0.569. The van der Waals surface area contributed by atoms with Crippen LogP contribution in [0.3, 0.4) is 0 Å². The summed E-state index contributed by atoms with van der Waals surface area (Å²) in [5.41, 5.74) is 3.16. The third-order valence-electron chi connectivity index (χ3n) is 5.86. The summed E-state index contributed by atoms with van der Waals surface area (Å²) in [5, 5.41) is 2.07. The molecule has 7 rings (SSSR count). The van der Waals surface area contributed by atoms with Gasteiger partial charge in [-0.1, -0.05) is 23.3 Å². The first-order valence-corrected chi connectivity index (χ1v) is 11.2. The van der Waals surface area contributed by atoms with Gasteiger partial charge in [-0.05, 0) is 36.4 Å². The zero-order valence-electron chi connectivity index (χ0n) is 18.7. The Morgan fingerprint density at radius 1 is 0.667 bits per heavy atom. The molecule has 0 radical (unpaired) electrons. The summed E-state index contributed by atoms with van der Waals surface area (Å²) in [6.07, 6.45) is 3.56. The van der Waals surface area contributed by atoms with Crippen LogP contribution in [0.4, 0.5) is 0 Å². The second-order valence-corrected chi connectivity index (χ2v) is 8.07. The molecule has 36 heavy (non-hydrogen) atoms. The summed E-state index contributed by atoms with van der Waals surface area (Å²) in [4.78, 5) is 9.22. The molecule has 0 saturated heterocycles. The Morgan fingerprint density at radius 3 is 1.94 bits per heavy atom. The minimum absolute atomic E-state index is 0. The number of hydrogen-bond acceptors (Lipinski definition) is 5. The van der Waals surface area contributed by atoms with E-state index in [0.29, 0.717) is 23.0 Å². The van der Waals surface area contributed by atoms with Crippen LogP contribution in [0.2, 0.25) is 0 Å². The molecule has 4 heterocycles. The van der Waals surface area contributed by atoms with Crippen LogP contribution < -0.4 is 19.5 Å². The zero-order valence-corrected chi connectivity index (χ0v) is 21.0. The molecule has 0 N–H and O–H groups in total. The second kappa shape index (κ2) is 9.17. The van der Waals surface area contributed by atoms with E-state index < -0.39 is 7.12 Å². The van der Waals surface area contributed by atoms with E-state index in [1.165, 1.54) is 0 Å². The maximum absolute atomic E-state index is 6.14. The standard InChI is InChI=1S/C28H16BN3O3.Pt/c1-2-14-26-25(13-1)34-29(35-26)19-7-3-9-21(17-19)33-22-10-4-8-20(18-22)32-27-23(11-5-15-30-27)24-12-6-16-31-28(24)32;/h1-16H;/q-2;+2. The third-order valence-corrected chi connectivity index (χ3v) is 5.86. The van der Waals surface area contributed by atoms with Crippen molar-refractivity contribution >= 4 is 34.6 Å². The van der Waals surface area contributed by atoms with Crippen LogP contribution in [-0.4, -0.2) is 21.7 Å². The Morgan fingerprint density at radius 2 is 1.28 bits per heavy atom. The van der Waals surface area contributed by atoms with Gasteiger partial charge in [0.25, 0.3) is 0 Å². The van der Waals surface area contributed by atoms with Gasteiger partial charge >= 0.3 is 28.2 Å². The van der Waals surface area contributed by atoms with E-state index in [1.54, 1.807) is 12.4 Å². The van der Waals surface area contributed by atoms with Crippen LogP contribution in [0.15, 0.2) is 97.3 Å². The fraction of sp³-hybridized carbons (Fsp3) is 0.